The number of hydrogen-bond acceptors (Lipinski definition) is 5. The highest BCUT2D eigenvalue weighted by Gasteiger charge is 2.28. The lowest BCUT2D eigenvalue weighted by atomic mass is 10.0. The molecule has 1 saturated heterocycles. The van der Waals surface area contributed by atoms with Gasteiger partial charge < -0.3 is 29.9 Å². The Morgan fingerprint density at radius 3 is 2.41 bits per heavy atom. The monoisotopic (exact) mass is 630 g/mol. The van der Waals surface area contributed by atoms with Crippen molar-refractivity contribution in [2.24, 2.45) is 5.92 Å². The maximum Gasteiger partial charge on any atom is 0.318 e. The maximum atomic E-state index is 13.6. The first-order chi connectivity index (χ1) is 22.3. The average molecular weight is 631 g/mol. The average Bonchev–Trinajstić information content (AvgIpc) is 3.06. The molecule has 2 heterocycles. The van der Waals surface area contributed by atoms with Crippen molar-refractivity contribution in [1.82, 2.24) is 15.1 Å². The molecular weight excluding hydrogens is 583 g/mol. The molecule has 2 aliphatic heterocycles. The van der Waals surface area contributed by atoms with Crippen LogP contribution in [0.3, 0.4) is 0 Å². The fraction of sp³-hybridized carbons (Fsp3) is 0.459. The number of halogens is 1. The molecule has 3 aromatic carbocycles. The van der Waals surface area contributed by atoms with Gasteiger partial charge in [0.05, 0.1) is 13.2 Å². The van der Waals surface area contributed by atoms with Crippen LogP contribution in [-0.4, -0.2) is 60.6 Å². The molecule has 0 unspecified atom stereocenters. The topological polar surface area (TPSA) is 83.1 Å². The molecule has 0 spiro atoms. The number of aryl methyl sites for hydroxylation is 1. The molecule has 0 bridgehead atoms. The number of carbonyl (C=O) groups excluding carboxylic acids is 2. The lowest BCUT2D eigenvalue weighted by Crippen LogP contribution is -2.50. The van der Waals surface area contributed by atoms with Gasteiger partial charge in [0.2, 0.25) is 5.91 Å². The fourth-order valence-corrected chi connectivity index (χ4v) is 5.92. The third kappa shape index (κ3) is 9.94. The van der Waals surface area contributed by atoms with Gasteiger partial charge in [-0.1, -0.05) is 44.2 Å². The van der Waals surface area contributed by atoms with E-state index in [0.29, 0.717) is 38.6 Å². The molecule has 46 heavy (non-hydrogen) atoms. The molecule has 0 saturated carbocycles. The first-order valence-electron chi connectivity index (χ1n) is 16.6. The maximum absolute atomic E-state index is 13.6. The Morgan fingerprint density at radius 2 is 1.67 bits per heavy atom. The number of carbonyl (C=O) groups is 2. The van der Waals surface area contributed by atoms with Crippen LogP contribution in [0.25, 0.3) is 0 Å². The molecule has 0 aliphatic carbocycles. The Bertz CT molecular complexity index is 1420. The summed E-state index contributed by atoms with van der Waals surface area (Å²) in [5, 5.41) is 6.04. The molecule has 0 atom stereocenters. The Morgan fingerprint density at radius 1 is 0.957 bits per heavy atom. The minimum Gasteiger partial charge on any atom is -0.494 e. The van der Waals surface area contributed by atoms with E-state index in [0.717, 1.165) is 85.6 Å². The minimum atomic E-state index is -0.282. The first kappa shape index (κ1) is 33.3. The van der Waals surface area contributed by atoms with Gasteiger partial charge in [-0.15, -0.1) is 0 Å². The molecular formula is C37H47FN4O4. The molecule has 8 nitrogen and oxygen atoms in total. The second kappa shape index (κ2) is 16.5. The Labute approximate surface area is 272 Å². The number of nitrogens with zero attached hydrogens (tertiary/aromatic N) is 2. The van der Waals surface area contributed by atoms with E-state index < -0.39 is 0 Å². The van der Waals surface area contributed by atoms with Crippen molar-refractivity contribution in [2.75, 3.05) is 38.2 Å². The van der Waals surface area contributed by atoms with Crippen LogP contribution < -0.4 is 20.1 Å². The number of urea groups is 1. The number of piperidine rings is 1. The smallest absolute Gasteiger partial charge is 0.318 e. The summed E-state index contributed by atoms with van der Waals surface area (Å²) < 4.78 is 25.3. The number of nitrogens with one attached hydrogen (secondary N) is 2. The number of hydrogen-bond donors (Lipinski definition) is 2. The third-order valence-electron chi connectivity index (χ3n) is 8.59. The zero-order valence-corrected chi connectivity index (χ0v) is 27.1. The summed E-state index contributed by atoms with van der Waals surface area (Å²) >= 11 is 0. The lowest BCUT2D eigenvalue weighted by Gasteiger charge is -2.38. The second-order valence-electron chi connectivity index (χ2n) is 12.8. The van der Waals surface area contributed by atoms with E-state index >= 15 is 0 Å². The van der Waals surface area contributed by atoms with Gasteiger partial charge in [0.25, 0.3) is 0 Å². The minimum absolute atomic E-state index is 0.0571. The number of benzene rings is 3. The second-order valence-corrected chi connectivity index (χ2v) is 12.8. The van der Waals surface area contributed by atoms with Crippen molar-refractivity contribution in [3.05, 3.63) is 89.2 Å². The molecule has 246 valence electrons. The lowest BCUT2D eigenvalue weighted by molar-refractivity contribution is -0.116. The summed E-state index contributed by atoms with van der Waals surface area (Å²) in [6, 6.07) is 20.2. The van der Waals surface area contributed by atoms with Gasteiger partial charge in [0.1, 0.15) is 17.3 Å². The number of unbranched alkanes of at least 4 members (excludes halogenated alkanes) is 1. The Balaban J connectivity index is 1.07. The van der Waals surface area contributed by atoms with Crippen LogP contribution in [0.2, 0.25) is 0 Å². The SMILES string of the molecule is CC(C)COc1ccc(CNC(=O)N(Cc2ccc(F)cc2)C2CCN(CCCCOc3ccc4c(c3)NC(=O)CC4)CC2)cc1. The molecule has 2 N–H and O–H groups in total. The summed E-state index contributed by atoms with van der Waals surface area (Å²) in [5.41, 5.74) is 3.93. The summed E-state index contributed by atoms with van der Waals surface area (Å²) in [7, 11) is 0. The normalized spacial score (nSPS) is 15.3. The van der Waals surface area contributed by atoms with E-state index in [1.54, 1.807) is 12.1 Å². The highest BCUT2D eigenvalue weighted by Crippen LogP contribution is 2.27. The van der Waals surface area contributed by atoms with Crippen LogP contribution >= 0.6 is 0 Å². The van der Waals surface area contributed by atoms with E-state index in [4.69, 9.17) is 9.47 Å². The molecule has 3 amide bonds. The van der Waals surface area contributed by atoms with Crippen molar-refractivity contribution in [1.29, 1.82) is 0 Å². The van der Waals surface area contributed by atoms with Crippen LogP contribution in [-0.2, 0) is 24.3 Å². The summed E-state index contributed by atoms with van der Waals surface area (Å²) in [6.07, 6.45) is 5.03. The van der Waals surface area contributed by atoms with Crippen LogP contribution in [0.5, 0.6) is 11.5 Å². The van der Waals surface area contributed by atoms with Crippen molar-refractivity contribution in [3.63, 3.8) is 0 Å². The third-order valence-corrected chi connectivity index (χ3v) is 8.59. The molecule has 0 radical (unpaired) electrons. The van der Waals surface area contributed by atoms with E-state index in [1.807, 2.05) is 47.4 Å². The first-order valence-corrected chi connectivity index (χ1v) is 16.6. The Kier molecular flexibility index (Phi) is 11.9. The van der Waals surface area contributed by atoms with E-state index in [1.165, 1.54) is 12.1 Å². The van der Waals surface area contributed by atoms with E-state index in [2.05, 4.69) is 29.4 Å². The number of amides is 3. The van der Waals surface area contributed by atoms with Crippen molar-refractivity contribution < 1.29 is 23.5 Å². The standard InChI is InChI=1S/C37H47FN4O4/c1-27(2)26-46-33-13-7-28(8-14-33)24-39-37(44)42(25-29-5-11-31(38)12-6-29)32-17-20-41(21-18-32)19-3-4-22-45-34-15-9-30-10-16-36(43)40-35(30)23-34/h5-9,11-15,23,27,32H,3-4,10,16-22,24-26H2,1-2H3,(H,39,44)(H,40,43). The van der Waals surface area contributed by atoms with E-state index in [-0.39, 0.29) is 23.8 Å². The summed E-state index contributed by atoms with van der Waals surface area (Å²) in [6.45, 7) is 9.20. The van der Waals surface area contributed by atoms with E-state index in [9.17, 15) is 14.0 Å². The molecule has 1 fully saturated rings. The number of rotatable bonds is 14. The molecule has 9 heteroatoms. The van der Waals surface area contributed by atoms with Crippen LogP contribution in [0.15, 0.2) is 66.7 Å². The fourth-order valence-electron chi connectivity index (χ4n) is 5.92. The van der Waals surface area contributed by atoms with Gasteiger partial charge in [0.15, 0.2) is 0 Å². The molecule has 3 aromatic rings. The zero-order valence-electron chi connectivity index (χ0n) is 27.1. The Hall–Kier alpha value is -4.11. The summed E-state index contributed by atoms with van der Waals surface area (Å²) in [5.74, 6) is 1.84. The highest BCUT2D eigenvalue weighted by atomic mass is 19.1. The van der Waals surface area contributed by atoms with Crippen molar-refractivity contribution >= 4 is 17.6 Å². The summed E-state index contributed by atoms with van der Waals surface area (Å²) in [4.78, 5) is 29.6. The highest BCUT2D eigenvalue weighted by molar-refractivity contribution is 5.94. The van der Waals surface area contributed by atoms with Crippen LogP contribution in [0.1, 0.15) is 62.6 Å². The van der Waals surface area contributed by atoms with Gasteiger partial charge in [-0.2, -0.15) is 0 Å². The number of likely N-dealkylation sites (tertiary alicyclic amines) is 1. The van der Waals surface area contributed by atoms with Crippen molar-refractivity contribution in [2.45, 2.75) is 71.5 Å². The quantitative estimate of drug-likeness (QED) is 0.192. The zero-order chi connectivity index (χ0) is 32.3. The largest absolute Gasteiger partial charge is 0.494 e. The number of fused-ring (bicyclic) bond motifs is 1. The number of anilines is 1. The predicted molar refractivity (Wildman–Crippen MR) is 179 cm³/mol. The molecule has 5 rings (SSSR count). The predicted octanol–water partition coefficient (Wildman–Crippen LogP) is 6.78. The van der Waals surface area contributed by atoms with Crippen LogP contribution in [0.4, 0.5) is 14.9 Å². The van der Waals surface area contributed by atoms with Gasteiger partial charge in [-0.25, -0.2) is 9.18 Å². The van der Waals surface area contributed by atoms with Gasteiger partial charge in [-0.05, 0) is 91.6 Å². The number of ether oxygens (including phenoxy) is 2. The van der Waals surface area contributed by atoms with Crippen molar-refractivity contribution in [3.8, 4) is 11.5 Å². The van der Waals surface area contributed by atoms with Gasteiger partial charge in [0, 0.05) is 50.4 Å². The molecule has 0 aromatic heterocycles. The molecule has 2 aliphatic rings. The van der Waals surface area contributed by atoms with Gasteiger partial charge in [-0.3, -0.25) is 4.79 Å². The van der Waals surface area contributed by atoms with Gasteiger partial charge >= 0.3 is 6.03 Å². The van der Waals surface area contributed by atoms with Crippen LogP contribution in [0, 0.1) is 11.7 Å².